The zero-order chi connectivity index (χ0) is 14.5. The topological polar surface area (TPSA) is 52.1 Å². The highest BCUT2D eigenvalue weighted by Gasteiger charge is 2.12. The molecule has 0 amide bonds. The van der Waals surface area contributed by atoms with Gasteiger partial charge in [0.25, 0.3) is 0 Å². The van der Waals surface area contributed by atoms with E-state index in [-0.39, 0.29) is 6.79 Å². The molecule has 0 unspecified atom stereocenters. The Morgan fingerprint density at radius 3 is 2.76 bits per heavy atom. The number of fused-ring (bicyclic) bond motifs is 1. The zero-order valence-electron chi connectivity index (χ0n) is 11.4. The first-order valence-corrected chi connectivity index (χ1v) is 7.15. The molecule has 3 rings (SSSR count). The van der Waals surface area contributed by atoms with Gasteiger partial charge < -0.3 is 14.2 Å². The van der Waals surface area contributed by atoms with E-state index in [9.17, 15) is 0 Å². The lowest BCUT2D eigenvalue weighted by Gasteiger charge is -2.02. The van der Waals surface area contributed by atoms with E-state index >= 15 is 0 Å². The molecule has 0 saturated carbocycles. The van der Waals surface area contributed by atoms with Crippen molar-refractivity contribution in [3.63, 3.8) is 0 Å². The summed E-state index contributed by atoms with van der Waals surface area (Å²) in [5, 5.41) is 4.17. The van der Waals surface area contributed by atoms with Gasteiger partial charge in [0.1, 0.15) is 5.75 Å². The molecule has 0 saturated heterocycles. The van der Waals surface area contributed by atoms with E-state index in [2.05, 4.69) is 9.93 Å². The van der Waals surface area contributed by atoms with Gasteiger partial charge in [0.15, 0.2) is 11.5 Å². The molecule has 0 atom stereocenters. The number of nitrogens with one attached hydrogen (secondary N) is 1. The summed E-state index contributed by atoms with van der Waals surface area (Å²) >= 11 is 1.42. The van der Waals surface area contributed by atoms with Gasteiger partial charge >= 0.3 is 0 Å². The zero-order valence-corrected chi connectivity index (χ0v) is 12.2. The maximum atomic E-state index is 5.32. The molecule has 0 bridgehead atoms. The summed E-state index contributed by atoms with van der Waals surface area (Å²) in [6.07, 6.45) is 1.73. The second kappa shape index (κ2) is 6.41. The smallest absolute Gasteiger partial charge is 0.231 e. The molecule has 5 nitrogen and oxygen atoms in total. The molecular formula is C15H14N2O3S. The fourth-order valence-electron chi connectivity index (χ4n) is 1.82. The van der Waals surface area contributed by atoms with Crippen LogP contribution in [0.4, 0.5) is 0 Å². The van der Waals surface area contributed by atoms with Crippen LogP contribution >= 0.6 is 11.9 Å². The third-order valence-electron chi connectivity index (χ3n) is 2.89. The predicted molar refractivity (Wildman–Crippen MR) is 82.1 cm³/mol. The molecule has 0 radical (unpaired) electrons. The number of hydrogen-bond acceptors (Lipinski definition) is 6. The van der Waals surface area contributed by atoms with Crippen molar-refractivity contribution in [1.82, 2.24) is 4.83 Å². The van der Waals surface area contributed by atoms with Crippen LogP contribution in [-0.4, -0.2) is 20.1 Å². The van der Waals surface area contributed by atoms with Crippen molar-refractivity contribution in [2.24, 2.45) is 5.10 Å². The Bertz CT molecular complexity index is 644. The number of ether oxygens (including phenoxy) is 3. The summed E-state index contributed by atoms with van der Waals surface area (Å²) in [4.78, 5) is 3.98. The summed E-state index contributed by atoms with van der Waals surface area (Å²) in [7, 11) is 1.65. The van der Waals surface area contributed by atoms with Crippen LogP contribution in [0.5, 0.6) is 17.2 Å². The number of benzene rings is 2. The standard InChI is InChI=1S/C15H14N2O3S/c1-18-12-3-5-13(6-4-12)21-17-16-9-11-2-7-14-15(8-11)20-10-19-14/h2-9,17H,10H2,1H3/b16-9+. The maximum Gasteiger partial charge on any atom is 0.231 e. The second-order valence-electron chi connectivity index (χ2n) is 4.24. The van der Waals surface area contributed by atoms with E-state index in [1.54, 1.807) is 13.3 Å². The third-order valence-corrected chi connectivity index (χ3v) is 3.59. The van der Waals surface area contributed by atoms with Gasteiger partial charge in [-0.1, -0.05) is 0 Å². The lowest BCUT2D eigenvalue weighted by molar-refractivity contribution is 0.174. The van der Waals surface area contributed by atoms with Crippen molar-refractivity contribution in [2.75, 3.05) is 13.9 Å². The van der Waals surface area contributed by atoms with Gasteiger partial charge in [0.05, 0.1) is 13.3 Å². The number of nitrogens with zero attached hydrogens (tertiary/aromatic N) is 1. The summed E-state index contributed by atoms with van der Waals surface area (Å²) in [6, 6.07) is 13.4. The molecule has 1 aliphatic rings. The first-order chi connectivity index (χ1) is 10.3. The monoisotopic (exact) mass is 302 g/mol. The Morgan fingerprint density at radius 1 is 1.14 bits per heavy atom. The number of hydrazone groups is 1. The lowest BCUT2D eigenvalue weighted by atomic mass is 10.2. The first kappa shape index (κ1) is 13.6. The third kappa shape index (κ3) is 3.41. The summed E-state index contributed by atoms with van der Waals surface area (Å²) in [5.41, 5.74) is 0.946. The van der Waals surface area contributed by atoms with E-state index in [4.69, 9.17) is 14.2 Å². The molecule has 0 aliphatic carbocycles. The Hall–Kier alpha value is -2.34. The molecule has 21 heavy (non-hydrogen) atoms. The van der Waals surface area contributed by atoms with E-state index in [0.29, 0.717) is 0 Å². The predicted octanol–water partition coefficient (Wildman–Crippen LogP) is 3.05. The van der Waals surface area contributed by atoms with Crippen molar-refractivity contribution >= 4 is 18.2 Å². The Labute approximate surface area is 127 Å². The van der Waals surface area contributed by atoms with Crippen LogP contribution < -0.4 is 19.0 Å². The molecule has 6 heteroatoms. The van der Waals surface area contributed by atoms with E-state index < -0.39 is 0 Å². The fourth-order valence-corrected chi connectivity index (χ4v) is 2.30. The lowest BCUT2D eigenvalue weighted by Crippen LogP contribution is -1.94. The van der Waals surface area contributed by atoms with E-state index in [1.165, 1.54) is 11.9 Å². The van der Waals surface area contributed by atoms with Crippen LogP contribution in [0.3, 0.4) is 0 Å². The minimum absolute atomic E-state index is 0.279. The van der Waals surface area contributed by atoms with Crippen molar-refractivity contribution in [1.29, 1.82) is 0 Å². The van der Waals surface area contributed by atoms with Crippen molar-refractivity contribution in [3.05, 3.63) is 48.0 Å². The van der Waals surface area contributed by atoms with Crippen LogP contribution in [0.2, 0.25) is 0 Å². The molecule has 1 heterocycles. The summed E-state index contributed by atoms with van der Waals surface area (Å²) in [6.45, 7) is 0.279. The minimum Gasteiger partial charge on any atom is -0.497 e. The molecule has 1 aliphatic heterocycles. The molecule has 0 fully saturated rings. The number of hydrogen-bond donors (Lipinski definition) is 1. The van der Waals surface area contributed by atoms with Crippen LogP contribution in [0, 0.1) is 0 Å². The number of rotatable bonds is 5. The summed E-state index contributed by atoms with van der Waals surface area (Å²) in [5.74, 6) is 2.36. The average Bonchev–Trinajstić information content (AvgIpc) is 3.00. The normalized spacial score (nSPS) is 12.6. The van der Waals surface area contributed by atoms with Gasteiger partial charge in [0, 0.05) is 16.8 Å². The Morgan fingerprint density at radius 2 is 1.95 bits per heavy atom. The van der Waals surface area contributed by atoms with E-state index in [0.717, 1.165) is 27.7 Å². The highest BCUT2D eigenvalue weighted by molar-refractivity contribution is 7.97. The molecule has 1 N–H and O–H groups in total. The van der Waals surface area contributed by atoms with Crippen LogP contribution in [0.1, 0.15) is 5.56 Å². The van der Waals surface area contributed by atoms with Crippen molar-refractivity contribution in [2.45, 2.75) is 4.90 Å². The van der Waals surface area contributed by atoms with Crippen LogP contribution in [-0.2, 0) is 0 Å². The molecule has 108 valence electrons. The quantitative estimate of drug-likeness (QED) is 0.522. The SMILES string of the molecule is COc1ccc(SN/N=C/c2ccc3c(c2)OCO3)cc1. The van der Waals surface area contributed by atoms with Crippen LogP contribution in [0.25, 0.3) is 0 Å². The number of methoxy groups -OCH3 is 1. The average molecular weight is 302 g/mol. The second-order valence-corrected chi connectivity index (χ2v) is 5.10. The van der Waals surface area contributed by atoms with Crippen molar-refractivity contribution < 1.29 is 14.2 Å². The van der Waals surface area contributed by atoms with E-state index in [1.807, 2.05) is 42.5 Å². The van der Waals surface area contributed by atoms with Gasteiger partial charge in [-0.2, -0.15) is 5.10 Å². The Balaban J connectivity index is 1.54. The molecule has 0 aromatic heterocycles. The molecular weight excluding hydrogens is 288 g/mol. The first-order valence-electron chi connectivity index (χ1n) is 6.34. The highest BCUT2D eigenvalue weighted by Crippen LogP contribution is 2.32. The summed E-state index contributed by atoms with van der Waals surface area (Å²) < 4.78 is 15.7. The van der Waals surface area contributed by atoms with Gasteiger partial charge in [-0.15, -0.1) is 0 Å². The maximum absolute atomic E-state index is 5.32. The minimum atomic E-state index is 0.279. The molecule has 2 aromatic carbocycles. The van der Waals surface area contributed by atoms with Gasteiger partial charge in [-0.05, 0) is 48.0 Å². The highest BCUT2D eigenvalue weighted by atomic mass is 32.2. The molecule has 0 spiro atoms. The van der Waals surface area contributed by atoms with Gasteiger partial charge in [-0.3, -0.25) is 0 Å². The fraction of sp³-hybridized carbons (Fsp3) is 0.133. The van der Waals surface area contributed by atoms with Gasteiger partial charge in [0.2, 0.25) is 6.79 Å². The van der Waals surface area contributed by atoms with Crippen LogP contribution in [0.15, 0.2) is 52.5 Å². The van der Waals surface area contributed by atoms with Gasteiger partial charge in [-0.25, -0.2) is 4.83 Å². The Kier molecular flexibility index (Phi) is 4.16. The largest absolute Gasteiger partial charge is 0.497 e. The molecule has 2 aromatic rings. The van der Waals surface area contributed by atoms with Crippen molar-refractivity contribution in [3.8, 4) is 17.2 Å².